The fraction of sp³-hybridized carbons (Fsp3) is 0.667. The van der Waals surface area contributed by atoms with Crippen molar-refractivity contribution in [2.45, 2.75) is 38.5 Å². The summed E-state index contributed by atoms with van der Waals surface area (Å²) in [5.41, 5.74) is -0.320. The number of hydrogen-bond acceptors (Lipinski definition) is 4. The Bertz CT molecular complexity index is 438. The Hall–Kier alpha value is -1.92. The third-order valence-electron chi connectivity index (χ3n) is 3.69. The number of carboxylic acids is 1. The van der Waals surface area contributed by atoms with Gasteiger partial charge in [0, 0.05) is 6.54 Å². The Morgan fingerprint density at radius 2 is 2.11 bits per heavy atom. The second kappa shape index (κ2) is 5.81. The summed E-state index contributed by atoms with van der Waals surface area (Å²) in [6.07, 6.45) is 6.23. The van der Waals surface area contributed by atoms with Gasteiger partial charge in [0.15, 0.2) is 0 Å². The van der Waals surface area contributed by atoms with Gasteiger partial charge in [-0.05, 0) is 18.3 Å². The van der Waals surface area contributed by atoms with E-state index in [0.717, 1.165) is 32.1 Å². The fourth-order valence-corrected chi connectivity index (χ4v) is 2.71. The van der Waals surface area contributed by atoms with Crippen molar-refractivity contribution in [2.75, 3.05) is 6.54 Å². The van der Waals surface area contributed by atoms with Gasteiger partial charge in [-0.15, -0.1) is 0 Å². The minimum absolute atomic E-state index is 0.101. The van der Waals surface area contributed by atoms with Crippen LogP contribution in [0.4, 0.5) is 0 Å². The number of H-pyrrole nitrogens is 1. The van der Waals surface area contributed by atoms with Crippen LogP contribution in [0.2, 0.25) is 0 Å². The first-order valence-electron chi connectivity index (χ1n) is 6.47. The Balaban J connectivity index is 1.96. The molecule has 1 aliphatic carbocycles. The van der Waals surface area contributed by atoms with Gasteiger partial charge in [0.25, 0.3) is 5.91 Å². The van der Waals surface area contributed by atoms with Crippen LogP contribution in [0.3, 0.4) is 0 Å². The molecular formula is C12H18N4O3. The minimum atomic E-state index is -0.809. The first-order chi connectivity index (χ1) is 9.11. The summed E-state index contributed by atoms with van der Waals surface area (Å²) < 4.78 is 0. The average Bonchev–Trinajstić information content (AvgIpc) is 2.90. The van der Waals surface area contributed by atoms with E-state index in [0.29, 0.717) is 6.54 Å². The largest absolute Gasteiger partial charge is 0.481 e. The Morgan fingerprint density at radius 1 is 1.37 bits per heavy atom. The maximum Gasteiger partial charge on any atom is 0.303 e. The monoisotopic (exact) mass is 266 g/mol. The van der Waals surface area contributed by atoms with Crippen molar-refractivity contribution in [3.8, 4) is 0 Å². The van der Waals surface area contributed by atoms with Crippen molar-refractivity contribution in [3.63, 3.8) is 0 Å². The second-order valence-electron chi connectivity index (χ2n) is 5.15. The average molecular weight is 266 g/mol. The van der Waals surface area contributed by atoms with Crippen LogP contribution in [0, 0.1) is 5.41 Å². The van der Waals surface area contributed by atoms with E-state index in [9.17, 15) is 9.59 Å². The summed E-state index contributed by atoms with van der Waals surface area (Å²) in [6, 6.07) is 0. The number of aliphatic carboxylic acids is 1. The predicted octanol–water partition coefficient (Wildman–Crippen LogP) is 0.960. The number of carbonyl (C=O) groups is 2. The van der Waals surface area contributed by atoms with E-state index in [2.05, 4.69) is 20.5 Å². The number of aromatic nitrogens is 3. The number of carbonyl (C=O) groups excluding carboxylic acids is 1. The summed E-state index contributed by atoms with van der Waals surface area (Å²) in [5, 5.41) is 17.9. The van der Waals surface area contributed by atoms with E-state index < -0.39 is 5.97 Å². The first kappa shape index (κ1) is 13.5. The lowest BCUT2D eigenvalue weighted by Gasteiger charge is -2.36. The molecule has 104 valence electrons. The third kappa shape index (κ3) is 3.52. The molecule has 1 amide bonds. The summed E-state index contributed by atoms with van der Waals surface area (Å²) in [7, 11) is 0. The highest BCUT2D eigenvalue weighted by Gasteiger charge is 2.34. The normalized spacial score (nSPS) is 17.9. The molecule has 1 saturated carbocycles. The molecule has 19 heavy (non-hydrogen) atoms. The molecule has 0 atom stereocenters. The lowest BCUT2D eigenvalue weighted by Crippen LogP contribution is -2.40. The highest BCUT2D eigenvalue weighted by Crippen LogP contribution is 2.38. The van der Waals surface area contributed by atoms with Crippen LogP contribution < -0.4 is 5.32 Å². The van der Waals surface area contributed by atoms with Gasteiger partial charge in [-0.3, -0.25) is 14.7 Å². The molecular weight excluding hydrogens is 248 g/mol. The summed E-state index contributed by atoms with van der Waals surface area (Å²) in [5.74, 6) is -0.995. The van der Waals surface area contributed by atoms with Crippen LogP contribution in [0.5, 0.6) is 0 Å². The van der Waals surface area contributed by atoms with Gasteiger partial charge < -0.3 is 10.4 Å². The van der Waals surface area contributed by atoms with E-state index >= 15 is 0 Å². The van der Waals surface area contributed by atoms with E-state index in [-0.39, 0.29) is 23.6 Å². The van der Waals surface area contributed by atoms with Gasteiger partial charge in [-0.1, -0.05) is 19.3 Å². The molecule has 0 bridgehead atoms. The third-order valence-corrected chi connectivity index (χ3v) is 3.69. The second-order valence-corrected chi connectivity index (χ2v) is 5.15. The van der Waals surface area contributed by atoms with Crippen molar-refractivity contribution in [3.05, 3.63) is 12.2 Å². The summed E-state index contributed by atoms with van der Waals surface area (Å²) >= 11 is 0. The quantitative estimate of drug-likeness (QED) is 0.735. The number of hydrogen-bond donors (Lipinski definition) is 3. The predicted molar refractivity (Wildman–Crippen MR) is 66.5 cm³/mol. The van der Waals surface area contributed by atoms with Crippen molar-refractivity contribution >= 4 is 11.9 Å². The van der Waals surface area contributed by atoms with Crippen molar-refractivity contribution in [1.29, 1.82) is 0 Å². The van der Waals surface area contributed by atoms with E-state index in [1.165, 1.54) is 6.33 Å². The van der Waals surface area contributed by atoms with Crippen LogP contribution >= 0.6 is 0 Å². The van der Waals surface area contributed by atoms with Gasteiger partial charge in [0.1, 0.15) is 6.33 Å². The first-order valence-corrected chi connectivity index (χ1v) is 6.47. The lowest BCUT2D eigenvalue weighted by atomic mass is 9.71. The van der Waals surface area contributed by atoms with Gasteiger partial charge in [0.2, 0.25) is 5.82 Å². The van der Waals surface area contributed by atoms with E-state index in [1.807, 2.05) is 0 Å². The van der Waals surface area contributed by atoms with Crippen molar-refractivity contribution < 1.29 is 14.7 Å². The topological polar surface area (TPSA) is 108 Å². The van der Waals surface area contributed by atoms with Crippen LogP contribution in [0.25, 0.3) is 0 Å². The molecule has 1 fully saturated rings. The Morgan fingerprint density at radius 3 is 2.68 bits per heavy atom. The van der Waals surface area contributed by atoms with Gasteiger partial charge >= 0.3 is 5.97 Å². The van der Waals surface area contributed by atoms with E-state index in [4.69, 9.17) is 5.11 Å². The molecule has 0 saturated heterocycles. The molecule has 0 radical (unpaired) electrons. The highest BCUT2D eigenvalue weighted by molar-refractivity contribution is 5.90. The standard InChI is InChI=1S/C12H18N4O3/c17-9(18)6-12(4-2-1-3-5-12)7-13-11(19)10-14-8-15-16-10/h8H,1-7H2,(H,13,19)(H,17,18)(H,14,15,16). The molecule has 1 aromatic rings. The van der Waals surface area contributed by atoms with E-state index in [1.54, 1.807) is 0 Å². The highest BCUT2D eigenvalue weighted by atomic mass is 16.4. The maximum absolute atomic E-state index is 11.8. The van der Waals surface area contributed by atoms with Crippen LogP contribution in [0.1, 0.15) is 49.1 Å². The zero-order valence-corrected chi connectivity index (χ0v) is 10.7. The molecule has 2 rings (SSSR count). The SMILES string of the molecule is O=C(O)CC1(CNC(=O)c2ncn[nH]2)CCCCC1. The minimum Gasteiger partial charge on any atom is -0.481 e. The van der Waals surface area contributed by atoms with Crippen molar-refractivity contribution in [2.24, 2.45) is 5.41 Å². The Labute approximate surface area is 110 Å². The molecule has 0 aromatic carbocycles. The maximum atomic E-state index is 11.8. The number of nitrogens with zero attached hydrogens (tertiary/aromatic N) is 2. The fourth-order valence-electron chi connectivity index (χ4n) is 2.71. The summed E-state index contributed by atoms with van der Waals surface area (Å²) in [4.78, 5) is 26.6. The zero-order valence-electron chi connectivity index (χ0n) is 10.7. The van der Waals surface area contributed by atoms with Crippen LogP contribution in [0.15, 0.2) is 6.33 Å². The summed E-state index contributed by atoms with van der Waals surface area (Å²) in [6.45, 7) is 0.374. The molecule has 1 aromatic heterocycles. The van der Waals surface area contributed by atoms with Crippen LogP contribution in [-0.2, 0) is 4.79 Å². The van der Waals surface area contributed by atoms with Gasteiger partial charge in [-0.25, -0.2) is 4.98 Å². The molecule has 3 N–H and O–H groups in total. The molecule has 7 heteroatoms. The van der Waals surface area contributed by atoms with Gasteiger partial charge in [0.05, 0.1) is 6.42 Å². The number of aromatic amines is 1. The number of amides is 1. The lowest BCUT2D eigenvalue weighted by molar-refractivity contribution is -0.140. The molecule has 1 aliphatic rings. The molecule has 1 heterocycles. The number of nitrogens with one attached hydrogen (secondary N) is 2. The smallest absolute Gasteiger partial charge is 0.303 e. The Kier molecular flexibility index (Phi) is 4.13. The van der Waals surface area contributed by atoms with Crippen molar-refractivity contribution in [1.82, 2.24) is 20.5 Å². The molecule has 0 spiro atoms. The zero-order chi connectivity index (χ0) is 13.7. The number of carboxylic acid groups (broad SMARTS) is 1. The van der Waals surface area contributed by atoms with Crippen LogP contribution in [-0.4, -0.2) is 38.7 Å². The number of rotatable bonds is 5. The van der Waals surface area contributed by atoms with Gasteiger partial charge in [-0.2, -0.15) is 5.10 Å². The molecule has 7 nitrogen and oxygen atoms in total. The molecule has 0 unspecified atom stereocenters. The molecule has 0 aliphatic heterocycles.